The Morgan fingerprint density at radius 3 is 2.19 bits per heavy atom. The van der Waals surface area contributed by atoms with Gasteiger partial charge in [-0.25, -0.2) is 14.4 Å². The number of esters is 2. The predicted molar refractivity (Wildman–Crippen MR) is 98.7 cm³/mol. The Hall–Kier alpha value is -3.15. The Morgan fingerprint density at radius 1 is 1.08 bits per heavy atom. The maximum atomic E-state index is 11.1. The third kappa shape index (κ3) is 11.4. The normalized spacial score (nSPS) is 9.62. The first-order chi connectivity index (χ1) is 12.3. The highest BCUT2D eigenvalue weighted by Gasteiger charge is 2.05. The molecule has 0 unspecified atom stereocenters. The molecule has 0 aliphatic carbocycles. The molecule has 26 heavy (non-hydrogen) atoms. The van der Waals surface area contributed by atoms with Crippen molar-refractivity contribution < 1.29 is 29.0 Å². The van der Waals surface area contributed by atoms with Gasteiger partial charge >= 0.3 is 17.9 Å². The number of carbonyl (C=O) groups is 3. The van der Waals surface area contributed by atoms with E-state index >= 15 is 0 Å². The van der Waals surface area contributed by atoms with E-state index in [0.29, 0.717) is 17.9 Å². The monoisotopic (exact) mass is 360 g/mol. The molecule has 0 atom stereocenters. The summed E-state index contributed by atoms with van der Waals surface area (Å²) < 4.78 is 9.73. The molecule has 6 nitrogen and oxygen atoms in total. The molecule has 1 aromatic carbocycles. The Labute approximate surface area is 153 Å². The first-order valence-electron chi connectivity index (χ1n) is 7.97. The number of hydrogen-bond acceptors (Lipinski definition) is 5. The van der Waals surface area contributed by atoms with E-state index in [-0.39, 0.29) is 11.5 Å². The summed E-state index contributed by atoms with van der Waals surface area (Å²) in [6, 6.07) is 8.92. The summed E-state index contributed by atoms with van der Waals surface area (Å²) in [6.45, 7) is 10.8. The standard InChI is InChI=1S/C10H14O4.C10H10O2/c1-3-4-7-14-10(13)8(2)5-6-9(11)12;1-8(2)10(11)12-9-6-4-3-5-7-9/h5-6H,2-4,7H2,1H3,(H,11,12);3-7H,1H2,2H3. The van der Waals surface area contributed by atoms with Crippen LogP contribution in [0.4, 0.5) is 0 Å². The van der Waals surface area contributed by atoms with Crippen LogP contribution in [0, 0.1) is 0 Å². The molecule has 0 aliphatic rings. The summed E-state index contributed by atoms with van der Waals surface area (Å²) in [4.78, 5) is 32.2. The number of carboxylic acid groups (broad SMARTS) is 1. The van der Waals surface area contributed by atoms with Crippen LogP contribution in [0.15, 0.2) is 66.8 Å². The van der Waals surface area contributed by atoms with Gasteiger partial charge in [0.15, 0.2) is 0 Å². The summed E-state index contributed by atoms with van der Waals surface area (Å²) >= 11 is 0. The summed E-state index contributed by atoms with van der Waals surface area (Å²) in [6.07, 6.45) is 3.70. The van der Waals surface area contributed by atoms with Crippen LogP contribution in [0.3, 0.4) is 0 Å². The van der Waals surface area contributed by atoms with E-state index in [1.165, 1.54) is 0 Å². The van der Waals surface area contributed by atoms with Crippen molar-refractivity contribution in [1.82, 2.24) is 0 Å². The predicted octanol–water partition coefficient (Wildman–Crippen LogP) is 3.69. The Kier molecular flexibility index (Phi) is 11.6. The molecule has 0 fully saturated rings. The van der Waals surface area contributed by atoms with Gasteiger partial charge in [-0.2, -0.15) is 0 Å². The van der Waals surface area contributed by atoms with E-state index in [0.717, 1.165) is 25.0 Å². The number of benzene rings is 1. The van der Waals surface area contributed by atoms with Crippen LogP contribution in [0.25, 0.3) is 0 Å². The highest BCUT2D eigenvalue weighted by atomic mass is 16.5. The molecule has 140 valence electrons. The van der Waals surface area contributed by atoms with Crippen molar-refractivity contribution >= 4 is 17.9 Å². The largest absolute Gasteiger partial charge is 0.478 e. The van der Waals surface area contributed by atoms with Crippen molar-refractivity contribution in [2.45, 2.75) is 26.7 Å². The number of rotatable bonds is 8. The van der Waals surface area contributed by atoms with Gasteiger partial charge in [-0.3, -0.25) is 0 Å². The molecular weight excluding hydrogens is 336 g/mol. The minimum absolute atomic E-state index is 0.0449. The van der Waals surface area contributed by atoms with Crippen molar-refractivity contribution in [1.29, 1.82) is 0 Å². The first kappa shape index (κ1) is 22.9. The van der Waals surface area contributed by atoms with Crippen LogP contribution in [0.5, 0.6) is 5.75 Å². The summed E-state index contributed by atoms with van der Waals surface area (Å²) in [5.74, 6) is -1.53. The van der Waals surface area contributed by atoms with Crippen LogP contribution < -0.4 is 4.74 Å². The number of para-hydroxylation sites is 1. The number of carbonyl (C=O) groups excluding carboxylic acids is 2. The van der Waals surface area contributed by atoms with Crippen molar-refractivity contribution in [3.63, 3.8) is 0 Å². The molecule has 0 bridgehead atoms. The van der Waals surface area contributed by atoms with Gasteiger partial charge in [0.05, 0.1) is 12.2 Å². The number of aliphatic carboxylic acids is 1. The van der Waals surface area contributed by atoms with Gasteiger partial charge in [0.25, 0.3) is 0 Å². The second-order valence-corrected chi connectivity index (χ2v) is 5.17. The van der Waals surface area contributed by atoms with Gasteiger partial charge in [0.2, 0.25) is 0 Å². The minimum atomic E-state index is -1.12. The van der Waals surface area contributed by atoms with E-state index < -0.39 is 11.9 Å². The fraction of sp³-hybridized carbons (Fsp3) is 0.250. The van der Waals surface area contributed by atoms with Crippen LogP contribution in [0.1, 0.15) is 26.7 Å². The highest BCUT2D eigenvalue weighted by molar-refractivity contribution is 5.93. The van der Waals surface area contributed by atoms with Crippen molar-refractivity contribution in [2.75, 3.05) is 6.61 Å². The average molecular weight is 360 g/mol. The van der Waals surface area contributed by atoms with Crippen molar-refractivity contribution in [2.24, 2.45) is 0 Å². The maximum absolute atomic E-state index is 11.1. The van der Waals surface area contributed by atoms with Crippen LogP contribution >= 0.6 is 0 Å². The van der Waals surface area contributed by atoms with Gasteiger partial charge in [-0.1, -0.05) is 44.7 Å². The average Bonchev–Trinajstić information content (AvgIpc) is 2.61. The molecule has 0 saturated carbocycles. The third-order valence-electron chi connectivity index (χ3n) is 2.72. The minimum Gasteiger partial charge on any atom is -0.478 e. The lowest BCUT2D eigenvalue weighted by Crippen LogP contribution is -2.07. The van der Waals surface area contributed by atoms with Crippen molar-refractivity contribution in [3.8, 4) is 5.75 Å². The van der Waals surface area contributed by atoms with Crippen molar-refractivity contribution in [3.05, 3.63) is 66.8 Å². The number of ether oxygens (including phenoxy) is 2. The summed E-state index contributed by atoms with van der Waals surface area (Å²) in [5.41, 5.74) is 0.447. The van der Waals surface area contributed by atoms with E-state index in [4.69, 9.17) is 14.6 Å². The Balaban J connectivity index is 0.000000485. The Bertz CT molecular complexity index is 658. The van der Waals surface area contributed by atoms with E-state index in [1.807, 2.05) is 13.0 Å². The number of unbranched alkanes of at least 4 members (excludes halogenated alkanes) is 1. The zero-order valence-corrected chi connectivity index (χ0v) is 15.1. The molecule has 1 aromatic rings. The second kappa shape index (κ2) is 13.2. The lowest BCUT2D eigenvalue weighted by Gasteiger charge is -2.02. The fourth-order valence-electron chi connectivity index (χ4n) is 1.32. The molecule has 1 N–H and O–H groups in total. The van der Waals surface area contributed by atoms with Gasteiger partial charge < -0.3 is 14.6 Å². The quantitative estimate of drug-likeness (QED) is 0.250. The lowest BCUT2D eigenvalue weighted by molar-refractivity contribution is -0.138. The smallest absolute Gasteiger partial charge is 0.338 e. The molecule has 0 radical (unpaired) electrons. The lowest BCUT2D eigenvalue weighted by atomic mass is 10.3. The van der Waals surface area contributed by atoms with Gasteiger partial charge in [0, 0.05) is 11.6 Å². The number of hydrogen-bond donors (Lipinski definition) is 1. The van der Waals surface area contributed by atoms with Crippen LogP contribution in [-0.2, 0) is 19.1 Å². The van der Waals surface area contributed by atoms with E-state index in [2.05, 4.69) is 13.2 Å². The molecule has 0 aromatic heterocycles. The topological polar surface area (TPSA) is 89.9 Å². The van der Waals surface area contributed by atoms with Gasteiger partial charge in [-0.15, -0.1) is 0 Å². The maximum Gasteiger partial charge on any atom is 0.338 e. The van der Waals surface area contributed by atoms with E-state index in [1.54, 1.807) is 31.2 Å². The zero-order valence-electron chi connectivity index (χ0n) is 15.1. The SMILES string of the molecule is C=C(C)C(=O)Oc1ccccc1.C=C(C=CC(=O)O)C(=O)OCCCC. The zero-order chi connectivity index (χ0) is 19.9. The molecule has 0 heterocycles. The van der Waals surface area contributed by atoms with Gasteiger partial charge in [0.1, 0.15) is 5.75 Å². The van der Waals surface area contributed by atoms with Crippen LogP contribution in [0.2, 0.25) is 0 Å². The molecule has 0 amide bonds. The van der Waals surface area contributed by atoms with Crippen LogP contribution in [-0.4, -0.2) is 29.6 Å². The fourth-order valence-corrected chi connectivity index (χ4v) is 1.32. The molecule has 0 spiro atoms. The third-order valence-corrected chi connectivity index (χ3v) is 2.72. The molecule has 0 saturated heterocycles. The van der Waals surface area contributed by atoms with Gasteiger partial charge in [-0.05, 0) is 31.6 Å². The second-order valence-electron chi connectivity index (χ2n) is 5.17. The first-order valence-corrected chi connectivity index (χ1v) is 7.97. The molecule has 1 rings (SSSR count). The molecular formula is C20H24O6. The summed E-state index contributed by atoms with van der Waals surface area (Å²) in [5, 5.41) is 8.28. The summed E-state index contributed by atoms with van der Waals surface area (Å²) in [7, 11) is 0. The molecule has 0 aliphatic heterocycles. The van der Waals surface area contributed by atoms with E-state index in [9.17, 15) is 14.4 Å². The number of carboxylic acids is 1. The highest BCUT2D eigenvalue weighted by Crippen LogP contribution is 2.09. The molecule has 6 heteroatoms. The Morgan fingerprint density at radius 2 is 1.69 bits per heavy atom.